The summed E-state index contributed by atoms with van der Waals surface area (Å²) >= 11 is 0. The lowest BCUT2D eigenvalue weighted by Gasteiger charge is -2.50. The first-order chi connectivity index (χ1) is 6.61. The van der Waals surface area contributed by atoms with E-state index in [1.165, 1.54) is 12.8 Å². The van der Waals surface area contributed by atoms with Crippen LogP contribution in [0.3, 0.4) is 0 Å². The van der Waals surface area contributed by atoms with Gasteiger partial charge in [0.05, 0.1) is 17.1 Å². The second kappa shape index (κ2) is 3.24. The molecule has 0 aliphatic heterocycles. The van der Waals surface area contributed by atoms with E-state index in [1.54, 1.807) is 0 Å². The molecule has 0 saturated heterocycles. The molecule has 2 saturated carbocycles. The Morgan fingerprint density at radius 2 is 1.93 bits per heavy atom. The van der Waals surface area contributed by atoms with Crippen LogP contribution in [0.15, 0.2) is 0 Å². The highest BCUT2D eigenvalue weighted by molar-refractivity contribution is 5.11. The van der Waals surface area contributed by atoms with Gasteiger partial charge in [-0.25, -0.2) is 0 Å². The molecule has 2 aliphatic rings. The molecule has 2 heteroatoms. The largest absolute Gasteiger partial charge is 0.390 e. The fourth-order valence-corrected chi connectivity index (χ4v) is 3.57. The van der Waals surface area contributed by atoms with Gasteiger partial charge in [-0.1, -0.05) is 12.8 Å². The van der Waals surface area contributed by atoms with E-state index in [2.05, 4.69) is 6.07 Å². The van der Waals surface area contributed by atoms with Crippen LogP contribution in [-0.2, 0) is 0 Å². The predicted molar refractivity (Wildman–Crippen MR) is 54.5 cm³/mol. The van der Waals surface area contributed by atoms with Gasteiger partial charge in [0.1, 0.15) is 0 Å². The molecule has 2 fully saturated rings. The van der Waals surface area contributed by atoms with Crippen LogP contribution in [0.5, 0.6) is 0 Å². The number of hydrogen-bond acceptors (Lipinski definition) is 2. The molecule has 3 atom stereocenters. The smallest absolute Gasteiger partial charge is 0.0693 e. The van der Waals surface area contributed by atoms with E-state index in [9.17, 15) is 10.4 Å². The topological polar surface area (TPSA) is 44.0 Å². The molecule has 1 N–H and O–H groups in total. The van der Waals surface area contributed by atoms with Crippen molar-refractivity contribution in [3.63, 3.8) is 0 Å². The summed E-state index contributed by atoms with van der Waals surface area (Å²) in [7, 11) is 0. The Hall–Kier alpha value is -0.550. The van der Waals surface area contributed by atoms with Crippen molar-refractivity contribution in [3.05, 3.63) is 0 Å². The van der Waals surface area contributed by atoms with Crippen LogP contribution in [0.4, 0.5) is 0 Å². The molecule has 0 unspecified atom stereocenters. The summed E-state index contributed by atoms with van der Waals surface area (Å²) in [6.45, 7) is 1.92. The van der Waals surface area contributed by atoms with Crippen molar-refractivity contribution in [1.82, 2.24) is 0 Å². The molecule has 0 aromatic rings. The van der Waals surface area contributed by atoms with E-state index in [0.29, 0.717) is 0 Å². The molecule has 0 amide bonds. The maximum atomic E-state index is 10.3. The van der Waals surface area contributed by atoms with Gasteiger partial charge in [-0.3, -0.25) is 0 Å². The zero-order chi connectivity index (χ0) is 10.2. The Morgan fingerprint density at radius 1 is 1.21 bits per heavy atom. The monoisotopic (exact) mass is 193 g/mol. The van der Waals surface area contributed by atoms with Gasteiger partial charge < -0.3 is 5.11 Å². The average molecular weight is 193 g/mol. The average Bonchev–Trinajstić information content (AvgIpc) is 2.17. The fraction of sp³-hybridized carbons (Fsp3) is 0.917. The molecule has 0 spiro atoms. The number of hydrogen-bond donors (Lipinski definition) is 1. The molecule has 0 radical (unpaired) electrons. The highest BCUT2D eigenvalue weighted by Crippen LogP contribution is 2.53. The molecule has 0 heterocycles. The minimum atomic E-state index is -0.589. The SMILES string of the molecule is C[C@@]1(O)CCC[C@]2(C#N)CCCC[C@@H]21. The van der Waals surface area contributed by atoms with Crippen LogP contribution in [-0.4, -0.2) is 10.7 Å². The zero-order valence-electron chi connectivity index (χ0n) is 8.92. The quantitative estimate of drug-likeness (QED) is 0.642. The van der Waals surface area contributed by atoms with Crippen molar-refractivity contribution < 1.29 is 5.11 Å². The van der Waals surface area contributed by atoms with Crippen molar-refractivity contribution >= 4 is 0 Å². The summed E-state index contributed by atoms with van der Waals surface area (Å²) in [5.74, 6) is 0.225. The van der Waals surface area contributed by atoms with Crippen molar-refractivity contribution in [1.29, 1.82) is 5.26 Å². The maximum Gasteiger partial charge on any atom is 0.0693 e. The van der Waals surface area contributed by atoms with Gasteiger partial charge in [0.25, 0.3) is 0 Å². The third-order valence-corrected chi connectivity index (χ3v) is 4.31. The van der Waals surface area contributed by atoms with Gasteiger partial charge in [0, 0.05) is 5.92 Å². The number of nitrogens with zero attached hydrogens (tertiary/aromatic N) is 1. The molecular weight excluding hydrogens is 174 g/mol. The summed E-state index contributed by atoms with van der Waals surface area (Å²) in [6, 6.07) is 2.51. The Bertz CT molecular complexity index is 262. The Morgan fingerprint density at radius 3 is 2.57 bits per heavy atom. The minimum absolute atomic E-state index is 0.194. The first kappa shape index (κ1) is 9.98. The number of nitriles is 1. The third kappa shape index (κ3) is 1.35. The minimum Gasteiger partial charge on any atom is -0.390 e. The molecule has 0 bridgehead atoms. The van der Waals surface area contributed by atoms with Crippen LogP contribution >= 0.6 is 0 Å². The second-order valence-electron chi connectivity index (χ2n) is 5.28. The van der Waals surface area contributed by atoms with E-state index in [1.807, 2.05) is 6.92 Å². The van der Waals surface area contributed by atoms with Gasteiger partial charge in [-0.15, -0.1) is 0 Å². The van der Waals surface area contributed by atoms with Crippen LogP contribution in [0, 0.1) is 22.7 Å². The first-order valence-corrected chi connectivity index (χ1v) is 5.74. The van der Waals surface area contributed by atoms with E-state index in [-0.39, 0.29) is 11.3 Å². The predicted octanol–water partition coefficient (Wildman–Crippen LogP) is 2.62. The maximum absolute atomic E-state index is 10.3. The lowest BCUT2D eigenvalue weighted by molar-refractivity contribution is -0.0985. The lowest BCUT2D eigenvalue weighted by Crippen LogP contribution is -2.50. The molecule has 2 aliphatic carbocycles. The standard InChI is InChI=1S/C12H19NO/c1-11(14)6-4-8-12(9-13)7-3-2-5-10(11)12/h10,14H,2-8H2,1H3/t10-,11-,12+/m1/s1. The van der Waals surface area contributed by atoms with E-state index >= 15 is 0 Å². The van der Waals surface area contributed by atoms with E-state index in [4.69, 9.17) is 0 Å². The summed E-state index contributed by atoms with van der Waals surface area (Å²) in [5, 5.41) is 19.7. The van der Waals surface area contributed by atoms with Crippen molar-refractivity contribution in [3.8, 4) is 6.07 Å². The lowest BCUT2D eigenvalue weighted by atomic mass is 9.55. The van der Waals surface area contributed by atoms with Crippen LogP contribution in [0.1, 0.15) is 51.9 Å². The van der Waals surface area contributed by atoms with E-state index < -0.39 is 5.60 Å². The summed E-state index contributed by atoms with van der Waals surface area (Å²) in [6.07, 6.45) is 7.29. The summed E-state index contributed by atoms with van der Waals surface area (Å²) < 4.78 is 0. The molecule has 2 rings (SSSR count). The van der Waals surface area contributed by atoms with Gasteiger partial charge in [-0.2, -0.15) is 5.26 Å². The van der Waals surface area contributed by atoms with Gasteiger partial charge in [0.15, 0.2) is 0 Å². The Balaban J connectivity index is 2.30. The van der Waals surface area contributed by atoms with Crippen molar-refractivity contribution in [2.45, 2.75) is 57.5 Å². The Kier molecular flexibility index (Phi) is 2.31. The molecule has 0 aromatic carbocycles. The molecule has 78 valence electrons. The number of aliphatic hydroxyl groups is 1. The van der Waals surface area contributed by atoms with Crippen LogP contribution in [0.25, 0.3) is 0 Å². The summed E-state index contributed by atoms with van der Waals surface area (Å²) in [4.78, 5) is 0. The second-order valence-corrected chi connectivity index (χ2v) is 5.28. The van der Waals surface area contributed by atoms with Crippen LogP contribution in [0.2, 0.25) is 0 Å². The fourth-order valence-electron chi connectivity index (χ4n) is 3.57. The normalized spacial score (nSPS) is 47.9. The Labute approximate surface area is 85.9 Å². The van der Waals surface area contributed by atoms with Crippen molar-refractivity contribution in [2.75, 3.05) is 0 Å². The van der Waals surface area contributed by atoms with Gasteiger partial charge in [0.2, 0.25) is 0 Å². The third-order valence-electron chi connectivity index (χ3n) is 4.31. The van der Waals surface area contributed by atoms with E-state index in [0.717, 1.165) is 32.1 Å². The molecule has 0 aromatic heterocycles. The van der Waals surface area contributed by atoms with Gasteiger partial charge in [-0.05, 0) is 39.0 Å². The molecule has 14 heavy (non-hydrogen) atoms. The highest BCUT2D eigenvalue weighted by atomic mass is 16.3. The number of rotatable bonds is 0. The van der Waals surface area contributed by atoms with Crippen molar-refractivity contribution in [2.24, 2.45) is 11.3 Å². The van der Waals surface area contributed by atoms with Gasteiger partial charge >= 0.3 is 0 Å². The van der Waals surface area contributed by atoms with Crippen LogP contribution < -0.4 is 0 Å². The number of fused-ring (bicyclic) bond motifs is 1. The highest BCUT2D eigenvalue weighted by Gasteiger charge is 2.51. The summed E-state index contributed by atoms with van der Waals surface area (Å²) in [5.41, 5.74) is -0.783. The molecular formula is C12H19NO. The molecule has 2 nitrogen and oxygen atoms in total. The first-order valence-electron chi connectivity index (χ1n) is 5.74. The zero-order valence-corrected chi connectivity index (χ0v) is 8.92.